The fraction of sp³-hybridized carbons (Fsp3) is 0.400. The number of hydrogen-bond acceptors (Lipinski definition) is 2. The predicted molar refractivity (Wildman–Crippen MR) is 74.1 cm³/mol. The second kappa shape index (κ2) is 5.71. The molecule has 0 saturated heterocycles. The van der Waals surface area contributed by atoms with Crippen LogP contribution in [0.3, 0.4) is 0 Å². The second-order valence-electron chi connectivity index (χ2n) is 5.22. The lowest BCUT2D eigenvalue weighted by atomic mass is 10.0. The van der Waals surface area contributed by atoms with Crippen molar-refractivity contribution in [2.45, 2.75) is 32.7 Å². The number of carbonyl (C=O) groups is 1. The Kier molecular flexibility index (Phi) is 4.54. The van der Waals surface area contributed by atoms with Crippen molar-refractivity contribution in [3.63, 3.8) is 0 Å². The normalized spacial score (nSPS) is 10.9. The summed E-state index contributed by atoms with van der Waals surface area (Å²) >= 11 is 0. The lowest BCUT2D eigenvalue weighted by Gasteiger charge is -2.21. The van der Waals surface area contributed by atoms with Gasteiger partial charge in [-0.25, -0.2) is 0 Å². The fourth-order valence-electron chi connectivity index (χ4n) is 1.65. The van der Waals surface area contributed by atoms with E-state index in [0.717, 1.165) is 11.3 Å². The number of amides is 1. The average molecular weight is 247 g/mol. The van der Waals surface area contributed by atoms with Crippen LogP contribution in [0.5, 0.6) is 5.75 Å². The van der Waals surface area contributed by atoms with Crippen molar-refractivity contribution in [1.82, 2.24) is 5.32 Å². The molecule has 0 aromatic heterocycles. The third-order valence-electron chi connectivity index (χ3n) is 2.40. The van der Waals surface area contributed by atoms with Crippen LogP contribution in [0.1, 0.15) is 36.7 Å². The quantitative estimate of drug-likeness (QED) is 0.831. The summed E-state index contributed by atoms with van der Waals surface area (Å²) in [6.45, 7) is 9.58. The molecule has 0 unspecified atom stereocenters. The number of hydrogen-bond donors (Lipinski definition) is 1. The topological polar surface area (TPSA) is 38.3 Å². The molecular weight excluding hydrogens is 226 g/mol. The second-order valence-corrected chi connectivity index (χ2v) is 5.22. The van der Waals surface area contributed by atoms with E-state index in [1.807, 2.05) is 32.9 Å². The van der Waals surface area contributed by atoms with Crippen molar-refractivity contribution in [3.05, 3.63) is 42.0 Å². The number of allylic oxidation sites excluding steroid dienone is 1. The molecule has 0 heterocycles. The Hall–Kier alpha value is -1.77. The fourth-order valence-corrected chi connectivity index (χ4v) is 1.65. The van der Waals surface area contributed by atoms with E-state index in [4.69, 9.17) is 4.74 Å². The molecule has 0 radical (unpaired) electrons. The van der Waals surface area contributed by atoms with E-state index < -0.39 is 0 Å². The van der Waals surface area contributed by atoms with Gasteiger partial charge < -0.3 is 10.1 Å². The van der Waals surface area contributed by atoms with Gasteiger partial charge in [0.25, 0.3) is 5.91 Å². The van der Waals surface area contributed by atoms with E-state index in [1.165, 1.54) is 0 Å². The van der Waals surface area contributed by atoms with Crippen molar-refractivity contribution in [2.75, 3.05) is 7.11 Å². The minimum atomic E-state index is -0.240. The zero-order chi connectivity index (χ0) is 13.8. The van der Waals surface area contributed by atoms with E-state index in [9.17, 15) is 4.79 Å². The Morgan fingerprint density at radius 3 is 2.61 bits per heavy atom. The van der Waals surface area contributed by atoms with Crippen LogP contribution >= 0.6 is 0 Å². The lowest BCUT2D eigenvalue weighted by molar-refractivity contribution is 0.0919. The van der Waals surface area contributed by atoms with E-state index in [-0.39, 0.29) is 11.4 Å². The van der Waals surface area contributed by atoms with Gasteiger partial charge in [-0.1, -0.05) is 6.08 Å². The summed E-state index contributed by atoms with van der Waals surface area (Å²) in [5.41, 5.74) is 1.37. The van der Waals surface area contributed by atoms with Crippen LogP contribution in [0.2, 0.25) is 0 Å². The minimum Gasteiger partial charge on any atom is -0.496 e. The molecule has 3 heteroatoms. The van der Waals surface area contributed by atoms with Crippen LogP contribution in [0.15, 0.2) is 30.9 Å². The first-order valence-corrected chi connectivity index (χ1v) is 5.97. The predicted octanol–water partition coefficient (Wildman–Crippen LogP) is 2.95. The summed E-state index contributed by atoms with van der Waals surface area (Å²) in [6.07, 6.45) is 2.48. The van der Waals surface area contributed by atoms with Crippen molar-refractivity contribution in [3.8, 4) is 5.75 Å². The summed E-state index contributed by atoms with van der Waals surface area (Å²) in [5.74, 6) is 0.706. The highest BCUT2D eigenvalue weighted by Crippen LogP contribution is 2.21. The Morgan fingerprint density at radius 1 is 1.44 bits per heavy atom. The standard InChI is InChI=1S/C15H21NO2/c1-6-7-11-10-12(8-9-13(11)18-5)14(17)16-15(2,3)4/h6,8-10H,1,7H2,2-5H3,(H,16,17). The summed E-state index contributed by atoms with van der Waals surface area (Å²) in [7, 11) is 1.62. The van der Waals surface area contributed by atoms with Gasteiger partial charge >= 0.3 is 0 Å². The molecule has 0 aliphatic carbocycles. The number of methoxy groups -OCH3 is 1. The molecular formula is C15H21NO2. The van der Waals surface area contributed by atoms with Crippen LogP contribution in [0.25, 0.3) is 0 Å². The molecule has 0 aliphatic rings. The summed E-state index contributed by atoms with van der Waals surface area (Å²) in [5, 5.41) is 2.94. The summed E-state index contributed by atoms with van der Waals surface area (Å²) in [6, 6.07) is 5.44. The van der Waals surface area contributed by atoms with Gasteiger partial charge in [0, 0.05) is 11.1 Å². The maximum absolute atomic E-state index is 12.0. The third-order valence-corrected chi connectivity index (χ3v) is 2.40. The molecule has 1 aromatic rings. The first-order chi connectivity index (χ1) is 8.37. The van der Waals surface area contributed by atoms with Crippen molar-refractivity contribution < 1.29 is 9.53 Å². The molecule has 0 fully saturated rings. The van der Waals surface area contributed by atoms with Gasteiger partial charge in [0.15, 0.2) is 0 Å². The van der Waals surface area contributed by atoms with Crippen LogP contribution in [-0.2, 0) is 6.42 Å². The van der Waals surface area contributed by atoms with Crippen LogP contribution in [0.4, 0.5) is 0 Å². The van der Waals surface area contributed by atoms with Gasteiger partial charge in [-0.05, 0) is 51.0 Å². The molecule has 0 bridgehead atoms. The van der Waals surface area contributed by atoms with Crippen molar-refractivity contribution in [2.24, 2.45) is 0 Å². The molecule has 1 aromatic carbocycles. The molecule has 0 atom stereocenters. The number of rotatable bonds is 4. The molecule has 0 aliphatic heterocycles. The Morgan fingerprint density at radius 2 is 2.11 bits per heavy atom. The van der Waals surface area contributed by atoms with Crippen LogP contribution < -0.4 is 10.1 Å². The average Bonchev–Trinajstić information content (AvgIpc) is 2.27. The first-order valence-electron chi connectivity index (χ1n) is 5.97. The highest BCUT2D eigenvalue weighted by atomic mass is 16.5. The molecule has 0 spiro atoms. The molecule has 0 saturated carbocycles. The van der Waals surface area contributed by atoms with E-state index in [0.29, 0.717) is 12.0 Å². The van der Waals surface area contributed by atoms with Gasteiger partial charge in [0.2, 0.25) is 0 Å². The minimum absolute atomic E-state index is 0.0736. The van der Waals surface area contributed by atoms with Crippen LogP contribution in [-0.4, -0.2) is 18.6 Å². The molecule has 18 heavy (non-hydrogen) atoms. The van der Waals surface area contributed by atoms with E-state index >= 15 is 0 Å². The highest BCUT2D eigenvalue weighted by Gasteiger charge is 2.16. The van der Waals surface area contributed by atoms with Gasteiger partial charge in [-0.3, -0.25) is 4.79 Å². The van der Waals surface area contributed by atoms with E-state index in [1.54, 1.807) is 19.3 Å². The first kappa shape index (κ1) is 14.3. The number of ether oxygens (including phenoxy) is 1. The Balaban J connectivity index is 3.00. The van der Waals surface area contributed by atoms with Crippen molar-refractivity contribution >= 4 is 5.91 Å². The monoisotopic (exact) mass is 247 g/mol. The smallest absolute Gasteiger partial charge is 0.251 e. The Bertz CT molecular complexity index is 444. The molecule has 1 amide bonds. The zero-order valence-corrected chi connectivity index (χ0v) is 11.5. The van der Waals surface area contributed by atoms with Gasteiger partial charge in [-0.2, -0.15) is 0 Å². The number of carbonyl (C=O) groups excluding carboxylic acids is 1. The molecule has 1 N–H and O–H groups in total. The third kappa shape index (κ3) is 3.91. The number of benzene rings is 1. The maximum atomic E-state index is 12.0. The van der Waals surface area contributed by atoms with Crippen molar-refractivity contribution in [1.29, 1.82) is 0 Å². The zero-order valence-electron chi connectivity index (χ0n) is 11.5. The molecule has 3 nitrogen and oxygen atoms in total. The highest BCUT2D eigenvalue weighted by molar-refractivity contribution is 5.95. The van der Waals surface area contributed by atoms with Gasteiger partial charge in [0.05, 0.1) is 7.11 Å². The van der Waals surface area contributed by atoms with E-state index in [2.05, 4.69) is 11.9 Å². The SMILES string of the molecule is C=CCc1cc(C(=O)NC(C)(C)C)ccc1OC. The summed E-state index contributed by atoms with van der Waals surface area (Å²) in [4.78, 5) is 12.0. The maximum Gasteiger partial charge on any atom is 0.251 e. The van der Waals surface area contributed by atoms with Gasteiger partial charge in [0.1, 0.15) is 5.75 Å². The Labute approximate surface area is 109 Å². The van der Waals surface area contributed by atoms with Gasteiger partial charge in [-0.15, -0.1) is 6.58 Å². The van der Waals surface area contributed by atoms with Crippen LogP contribution in [0, 0.1) is 0 Å². The molecule has 1 rings (SSSR count). The molecule has 98 valence electrons. The largest absolute Gasteiger partial charge is 0.496 e. The number of nitrogens with one attached hydrogen (secondary N) is 1. The summed E-state index contributed by atoms with van der Waals surface area (Å²) < 4.78 is 5.25. The lowest BCUT2D eigenvalue weighted by Crippen LogP contribution is -2.40.